The van der Waals surface area contributed by atoms with E-state index >= 15 is 0 Å². The molecule has 0 bridgehead atoms. The van der Waals surface area contributed by atoms with Gasteiger partial charge in [-0.05, 0) is 24.1 Å². The summed E-state index contributed by atoms with van der Waals surface area (Å²) in [4.78, 5) is 19.9. The fourth-order valence-corrected chi connectivity index (χ4v) is 2.88. The lowest BCUT2D eigenvalue weighted by Crippen LogP contribution is -2.48. The summed E-state index contributed by atoms with van der Waals surface area (Å²) < 4.78 is 5.16. The molecule has 1 aromatic heterocycles. The Bertz CT molecular complexity index is 729. The molecular formula is C18H24N6O2. The van der Waals surface area contributed by atoms with Crippen molar-refractivity contribution in [1.29, 1.82) is 0 Å². The Kier molecular flexibility index (Phi) is 5.83. The molecule has 1 saturated heterocycles. The molecule has 0 aliphatic carbocycles. The second-order valence-electron chi connectivity index (χ2n) is 6.16. The molecule has 0 atom stereocenters. The van der Waals surface area contributed by atoms with Crippen LogP contribution < -0.4 is 15.0 Å². The molecule has 1 N–H and O–H groups in total. The lowest BCUT2D eigenvalue weighted by Gasteiger charge is -2.34. The van der Waals surface area contributed by atoms with Gasteiger partial charge in [0.05, 0.1) is 13.3 Å². The first-order valence-electron chi connectivity index (χ1n) is 8.72. The van der Waals surface area contributed by atoms with Crippen LogP contribution in [0.15, 0.2) is 30.5 Å². The van der Waals surface area contributed by atoms with Gasteiger partial charge in [0.2, 0.25) is 11.9 Å². The number of ether oxygens (including phenoxy) is 1. The Morgan fingerprint density at radius 1 is 1.19 bits per heavy atom. The van der Waals surface area contributed by atoms with Crippen LogP contribution in [0.2, 0.25) is 0 Å². The molecule has 3 rings (SSSR count). The zero-order chi connectivity index (χ0) is 18.4. The quantitative estimate of drug-likeness (QED) is 0.833. The van der Waals surface area contributed by atoms with Gasteiger partial charge in [0.1, 0.15) is 5.75 Å². The smallest absolute Gasteiger partial charge is 0.244 e. The van der Waals surface area contributed by atoms with E-state index in [1.165, 1.54) is 5.56 Å². The minimum atomic E-state index is 0.117. The first kappa shape index (κ1) is 17.9. The van der Waals surface area contributed by atoms with Gasteiger partial charge in [0.15, 0.2) is 5.82 Å². The Hall–Kier alpha value is -2.90. The first-order valence-corrected chi connectivity index (χ1v) is 8.72. The Balaban J connectivity index is 1.51. The number of nitrogens with zero attached hydrogens (tertiary/aromatic N) is 5. The molecule has 0 unspecified atom stereocenters. The number of benzene rings is 1. The average molecular weight is 356 g/mol. The molecule has 1 aliphatic heterocycles. The summed E-state index contributed by atoms with van der Waals surface area (Å²) in [5.74, 6) is 2.28. The van der Waals surface area contributed by atoms with Crippen molar-refractivity contribution < 1.29 is 9.53 Å². The summed E-state index contributed by atoms with van der Waals surface area (Å²) in [5.41, 5.74) is 1.21. The third-order valence-corrected chi connectivity index (χ3v) is 4.45. The van der Waals surface area contributed by atoms with E-state index in [2.05, 4.69) is 25.4 Å². The van der Waals surface area contributed by atoms with Crippen molar-refractivity contribution in [3.63, 3.8) is 0 Å². The molecule has 0 spiro atoms. The van der Waals surface area contributed by atoms with Crippen LogP contribution in [-0.2, 0) is 11.2 Å². The number of methoxy groups -OCH3 is 1. The number of piperazine rings is 1. The zero-order valence-corrected chi connectivity index (χ0v) is 15.2. The molecule has 8 heteroatoms. The summed E-state index contributed by atoms with van der Waals surface area (Å²) in [5, 5.41) is 11.3. The topological polar surface area (TPSA) is 83.5 Å². The predicted octanol–water partition coefficient (Wildman–Crippen LogP) is 1.20. The molecule has 0 saturated carbocycles. The van der Waals surface area contributed by atoms with Crippen LogP contribution in [0, 0.1) is 0 Å². The maximum atomic E-state index is 11.4. The predicted molar refractivity (Wildman–Crippen MR) is 99.5 cm³/mol. The van der Waals surface area contributed by atoms with Gasteiger partial charge in [-0.1, -0.05) is 12.1 Å². The zero-order valence-electron chi connectivity index (χ0n) is 15.2. The van der Waals surface area contributed by atoms with Crippen molar-refractivity contribution >= 4 is 17.7 Å². The van der Waals surface area contributed by atoms with Crippen LogP contribution in [0.25, 0.3) is 0 Å². The van der Waals surface area contributed by atoms with Crippen molar-refractivity contribution in [2.24, 2.45) is 0 Å². The summed E-state index contributed by atoms with van der Waals surface area (Å²) >= 11 is 0. The highest BCUT2D eigenvalue weighted by Crippen LogP contribution is 2.14. The number of carbonyl (C=O) groups is 1. The SMILES string of the molecule is COc1ccc(CCNc2nncc(N3CCN(C(C)=O)CC3)n2)cc1. The normalized spacial score (nSPS) is 14.2. The van der Waals surface area contributed by atoms with Gasteiger partial charge in [-0.3, -0.25) is 4.79 Å². The molecule has 2 aromatic rings. The highest BCUT2D eigenvalue weighted by Gasteiger charge is 2.20. The fraction of sp³-hybridized carbons (Fsp3) is 0.444. The second-order valence-corrected chi connectivity index (χ2v) is 6.16. The van der Waals surface area contributed by atoms with E-state index in [9.17, 15) is 4.79 Å². The highest BCUT2D eigenvalue weighted by molar-refractivity contribution is 5.73. The second kappa shape index (κ2) is 8.46. The Morgan fingerprint density at radius 2 is 1.92 bits per heavy atom. The van der Waals surface area contributed by atoms with Gasteiger partial charge in [0, 0.05) is 39.6 Å². The number of nitrogens with one attached hydrogen (secondary N) is 1. The Morgan fingerprint density at radius 3 is 2.58 bits per heavy atom. The summed E-state index contributed by atoms with van der Waals surface area (Å²) in [6.07, 6.45) is 2.52. The monoisotopic (exact) mass is 356 g/mol. The standard InChI is InChI=1S/C18H24N6O2/c1-14(25)23-9-11-24(12-10-23)17-13-20-22-18(21-17)19-8-7-15-3-5-16(26-2)6-4-15/h3-6,13H,7-12H2,1-2H3,(H,19,21,22). The lowest BCUT2D eigenvalue weighted by molar-refractivity contribution is -0.129. The minimum Gasteiger partial charge on any atom is -0.497 e. The van der Waals surface area contributed by atoms with Crippen LogP contribution in [0.4, 0.5) is 11.8 Å². The molecule has 0 radical (unpaired) electrons. The molecule has 2 heterocycles. The lowest BCUT2D eigenvalue weighted by atomic mass is 10.1. The van der Waals surface area contributed by atoms with Crippen LogP contribution in [0.5, 0.6) is 5.75 Å². The fourth-order valence-electron chi connectivity index (χ4n) is 2.88. The molecule has 138 valence electrons. The number of amides is 1. The van der Waals surface area contributed by atoms with Gasteiger partial charge in [-0.15, -0.1) is 5.10 Å². The number of rotatable bonds is 6. The number of hydrogen-bond donors (Lipinski definition) is 1. The van der Waals surface area contributed by atoms with Crippen molar-refractivity contribution in [1.82, 2.24) is 20.1 Å². The van der Waals surface area contributed by atoms with Gasteiger partial charge in [0.25, 0.3) is 0 Å². The molecule has 1 amide bonds. The minimum absolute atomic E-state index is 0.117. The van der Waals surface area contributed by atoms with Gasteiger partial charge >= 0.3 is 0 Å². The third kappa shape index (κ3) is 4.59. The van der Waals surface area contributed by atoms with Crippen molar-refractivity contribution in [2.75, 3.05) is 50.1 Å². The molecular weight excluding hydrogens is 332 g/mol. The number of anilines is 2. The molecule has 26 heavy (non-hydrogen) atoms. The van der Waals surface area contributed by atoms with E-state index in [0.717, 1.165) is 37.6 Å². The number of aromatic nitrogens is 3. The maximum absolute atomic E-state index is 11.4. The van der Waals surface area contributed by atoms with Gasteiger partial charge in [-0.2, -0.15) is 10.1 Å². The molecule has 1 aliphatic rings. The summed E-state index contributed by atoms with van der Waals surface area (Å²) in [6.45, 7) is 5.24. The third-order valence-electron chi connectivity index (χ3n) is 4.45. The van der Waals surface area contributed by atoms with E-state index in [1.807, 2.05) is 29.2 Å². The molecule has 1 aromatic carbocycles. The van der Waals surface area contributed by atoms with Gasteiger partial charge < -0.3 is 19.9 Å². The molecule has 8 nitrogen and oxygen atoms in total. The van der Waals surface area contributed by atoms with Crippen LogP contribution in [0.3, 0.4) is 0 Å². The van der Waals surface area contributed by atoms with E-state index < -0.39 is 0 Å². The Labute approximate surface area is 153 Å². The maximum Gasteiger partial charge on any atom is 0.244 e. The summed E-state index contributed by atoms with van der Waals surface area (Å²) in [7, 11) is 1.66. The van der Waals surface area contributed by atoms with Crippen LogP contribution in [-0.4, -0.2) is 65.8 Å². The van der Waals surface area contributed by atoms with E-state index in [1.54, 1.807) is 20.2 Å². The van der Waals surface area contributed by atoms with Crippen molar-refractivity contribution in [2.45, 2.75) is 13.3 Å². The van der Waals surface area contributed by atoms with Crippen LogP contribution in [0.1, 0.15) is 12.5 Å². The largest absolute Gasteiger partial charge is 0.497 e. The van der Waals surface area contributed by atoms with E-state index in [-0.39, 0.29) is 5.91 Å². The first-order chi connectivity index (χ1) is 12.7. The van der Waals surface area contributed by atoms with Crippen LogP contribution >= 0.6 is 0 Å². The average Bonchev–Trinajstić information content (AvgIpc) is 2.69. The molecule has 1 fully saturated rings. The van der Waals surface area contributed by atoms with E-state index in [0.29, 0.717) is 19.0 Å². The summed E-state index contributed by atoms with van der Waals surface area (Å²) in [6, 6.07) is 8.00. The van der Waals surface area contributed by atoms with E-state index in [4.69, 9.17) is 4.74 Å². The highest BCUT2D eigenvalue weighted by atomic mass is 16.5. The van der Waals surface area contributed by atoms with Crippen molar-refractivity contribution in [3.05, 3.63) is 36.0 Å². The number of carbonyl (C=O) groups excluding carboxylic acids is 1. The van der Waals surface area contributed by atoms with Gasteiger partial charge in [-0.25, -0.2) is 0 Å². The number of hydrogen-bond acceptors (Lipinski definition) is 7. The van der Waals surface area contributed by atoms with Crippen molar-refractivity contribution in [3.8, 4) is 5.75 Å².